The maximum absolute atomic E-state index is 6.44. The molecule has 0 unspecified atom stereocenters. The second-order valence-electron chi connectivity index (χ2n) is 6.30. The molecule has 3 nitrogen and oxygen atoms in total. The Labute approximate surface area is 126 Å². The summed E-state index contributed by atoms with van der Waals surface area (Å²) in [6.07, 6.45) is 11.4. The van der Waals surface area contributed by atoms with E-state index in [-0.39, 0.29) is 5.54 Å². The van der Waals surface area contributed by atoms with Gasteiger partial charge in [0.2, 0.25) is 0 Å². The first-order valence-corrected chi connectivity index (χ1v) is 8.06. The van der Waals surface area contributed by atoms with Gasteiger partial charge >= 0.3 is 0 Å². The maximum atomic E-state index is 6.44. The smallest absolute Gasteiger partial charge is 0.129 e. The SMILES string of the molecule is CCCC/C=C/c1ccc2nc(C3(N)CCC3)n(C)c2c1. The van der Waals surface area contributed by atoms with E-state index in [2.05, 4.69) is 48.9 Å². The molecule has 21 heavy (non-hydrogen) atoms. The number of allylic oxidation sites excluding steroid dienone is 1. The topological polar surface area (TPSA) is 43.8 Å². The summed E-state index contributed by atoms with van der Waals surface area (Å²) in [5.74, 6) is 1.04. The molecule has 0 spiro atoms. The van der Waals surface area contributed by atoms with Crippen LogP contribution in [0.15, 0.2) is 24.3 Å². The minimum Gasteiger partial charge on any atom is -0.330 e. The summed E-state index contributed by atoms with van der Waals surface area (Å²) in [6.45, 7) is 2.22. The molecule has 112 valence electrons. The molecule has 0 radical (unpaired) electrons. The number of aromatic nitrogens is 2. The van der Waals surface area contributed by atoms with Crippen LogP contribution in [0.3, 0.4) is 0 Å². The molecule has 2 N–H and O–H groups in total. The molecule has 1 fully saturated rings. The monoisotopic (exact) mass is 283 g/mol. The number of unbranched alkanes of at least 4 members (excludes halogenated alkanes) is 2. The Hall–Kier alpha value is -1.61. The van der Waals surface area contributed by atoms with E-state index in [4.69, 9.17) is 10.7 Å². The van der Waals surface area contributed by atoms with Crippen LogP contribution in [0.1, 0.15) is 56.8 Å². The number of rotatable bonds is 5. The first-order chi connectivity index (χ1) is 10.1. The zero-order valence-electron chi connectivity index (χ0n) is 13.1. The van der Waals surface area contributed by atoms with E-state index >= 15 is 0 Å². The molecule has 1 aliphatic rings. The van der Waals surface area contributed by atoms with Crippen LogP contribution in [-0.2, 0) is 12.6 Å². The quantitative estimate of drug-likeness (QED) is 0.839. The maximum Gasteiger partial charge on any atom is 0.129 e. The van der Waals surface area contributed by atoms with Gasteiger partial charge in [-0.1, -0.05) is 38.0 Å². The lowest BCUT2D eigenvalue weighted by atomic mass is 9.77. The summed E-state index contributed by atoms with van der Waals surface area (Å²) in [7, 11) is 2.09. The zero-order chi connectivity index (χ0) is 14.9. The van der Waals surface area contributed by atoms with Gasteiger partial charge in [-0.15, -0.1) is 0 Å². The fraction of sp³-hybridized carbons (Fsp3) is 0.500. The number of hydrogen-bond acceptors (Lipinski definition) is 2. The van der Waals surface area contributed by atoms with Crippen molar-refractivity contribution in [2.75, 3.05) is 0 Å². The highest BCUT2D eigenvalue weighted by atomic mass is 15.1. The molecule has 2 aromatic rings. The van der Waals surface area contributed by atoms with Crippen molar-refractivity contribution >= 4 is 17.1 Å². The summed E-state index contributed by atoms with van der Waals surface area (Å²) >= 11 is 0. The van der Waals surface area contributed by atoms with Crippen LogP contribution in [0.4, 0.5) is 0 Å². The standard InChI is InChI=1S/C18H25N3/c1-3-4-5-6-8-14-9-10-15-16(13-14)21(2)17(20-15)18(19)11-7-12-18/h6,8-10,13H,3-5,7,11-12,19H2,1-2H3/b8-6+. The molecule has 0 amide bonds. The highest BCUT2D eigenvalue weighted by Crippen LogP contribution is 2.39. The minimum atomic E-state index is -0.203. The van der Waals surface area contributed by atoms with Crippen LogP contribution >= 0.6 is 0 Å². The molecule has 3 rings (SSSR count). The zero-order valence-corrected chi connectivity index (χ0v) is 13.1. The number of hydrogen-bond donors (Lipinski definition) is 1. The lowest BCUT2D eigenvalue weighted by molar-refractivity contribution is 0.234. The molecular weight excluding hydrogens is 258 g/mol. The highest BCUT2D eigenvalue weighted by molar-refractivity contribution is 5.79. The van der Waals surface area contributed by atoms with Crippen molar-refractivity contribution in [3.8, 4) is 0 Å². The van der Waals surface area contributed by atoms with Crippen molar-refractivity contribution in [1.29, 1.82) is 0 Å². The Morgan fingerprint density at radius 2 is 2.19 bits per heavy atom. The summed E-state index contributed by atoms with van der Waals surface area (Å²) in [4.78, 5) is 4.77. The van der Waals surface area contributed by atoms with Crippen LogP contribution in [0.5, 0.6) is 0 Å². The Balaban J connectivity index is 1.91. The normalized spacial score (nSPS) is 17.5. The summed E-state index contributed by atoms with van der Waals surface area (Å²) in [6, 6.07) is 6.47. The lowest BCUT2D eigenvalue weighted by Crippen LogP contribution is -2.45. The van der Waals surface area contributed by atoms with Crippen molar-refractivity contribution in [1.82, 2.24) is 9.55 Å². The minimum absolute atomic E-state index is 0.203. The molecule has 3 heteroatoms. The van der Waals surface area contributed by atoms with Gasteiger partial charge in [-0.2, -0.15) is 0 Å². The molecule has 1 aromatic carbocycles. The van der Waals surface area contributed by atoms with E-state index in [0.29, 0.717) is 0 Å². The Morgan fingerprint density at radius 3 is 2.86 bits per heavy atom. The molecule has 1 saturated carbocycles. The van der Waals surface area contributed by atoms with Gasteiger partial charge in [0, 0.05) is 7.05 Å². The number of imidazole rings is 1. The molecule has 1 heterocycles. The average Bonchev–Trinajstić information content (AvgIpc) is 2.79. The van der Waals surface area contributed by atoms with E-state index in [9.17, 15) is 0 Å². The first kappa shape index (κ1) is 14.3. The average molecular weight is 283 g/mol. The van der Waals surface area contributed by atoms with E-state index in [1.807, 2.05) is 0 Å². The summed E-state index contributed by atoms with van der Waals surface area (Å²) in [5.41, 5.74) is 9.71. The lowest BCUT2D eigenvalue weighted by Gasteiger charge is -2.37. The van der Waals surface area contributed by atoms with Crippen LogP contribution in [-0.4, -0.2) is 9.55 Å². The molecular formula is C18H25N3. The third-order valence-electron chi connectivity index (χ3n) is 4.63. The van der Waals surface area contributed by atoms with Gasteiger partial charge in [-0.25, -0.2) is 4.98 Å². The van der Waals surface area contributed by atoms with Crippen LogP contribution in [0.2, 0.25) is 0 Å². The second-order valence-corrected chi connectivity index (χ2v) is 6.30. The number of aryl methyl sites for hydroxylation is 1. The molecule has 1 aromatic heterocycles. The Bertz CT molecular complexity index is 662. The van der Waals surface area contributed by atoms with Crippen molar-refractivity contribution in [3.63, 3.8) is 0 Å². The molecule has 1 aliphatic carbocycles. The predicted molar refractivity (Wildman–Crippen MR) is 89.0 cm³/mol. The van der Waals surface area contributed by atoms with Crippen molar-refractivity contribution in [3.05, 3.63) is 35.7 Å². The van der Waals surface area contributed by atoms with Crippen LogP contribution in [0, 0.1) is 0 Å². The number of fused-ring (bicyclic) bond motifs is 1. The van der Waals surface area contributed by atoms with Crippen LogP contribution in [0.25, 0.3) is 17.1 Å². The van der Waals surface area contributed by atoms with Crippen LogP contribution < -0.4 is 5.73 Å². The van der Waals surface area contributed by atoms with Crippen molar-refractivity contribution in [2.24, 2.45) is 12.8 Å². The Kier molecular flexibility index (Phi) is 3.85. The fourth-order valence-electron chi connectivity index (χ4n) is 3.08. The number of nitrogens with two attached hydrogens (primary N) is 1. The Morgan fingerprint density at radius 1 is 1.38 bits per heavy atom. The van der Waals surface area contributed by atoms with E-state index in [1.54, 1.807) is 0 Å². The van der Waals surface area contributed by atoms with Gasteiger partial charge in [0.25, 0.3) is 0 Å². The fourth-order valence-corrected chi connectivity index (χ4v) is 3.08. The van der Waals surface area contributed by atoms with E-state index in [0.717, 1.165) is 30.6 Å². The molecule has 0 saturated heterocycles. The van der Waals surface area contributed by atoms with E-state index in [1.165, 1.54) is 30.3 Å². The third kappa shape index (κ3) is 2.62. The predicted octanol–water partition coefficient (Wildman–Crippen LogP) is 4.11. The summed E-state index contributed by atoms with van der Waals surface area (Å²) in [5, 5.41) is 0. The van der Waals surface area contributed by atoms with Crippen molar-refractivity contribution in [2.45, 2.75) is 51.0 Å². The molecule has 0 atom stereocenters. The molecule has 0 bridgehead atoms. The van der Waals surface area contributed by atoms with E-state index < -0.39 is 0 Å². The largest absolute Gasteiger partial charge is 0.330 e. The van der Waals surface area contributed by atoms with Gasteiger partial charge in [0.1, 0.15) is 5.82 Å². The molecule has 0 aliphatic heterocycles. The van der Waals surface area contributed by atoms with Gasteiger partial charge < -0.3 is 10.3 Å². The van der Waals surface area contributed by atoms with Gasteiger partial charge in [0.05, 0.1) is 16.6 Å². The first-order valence-electron chi connectivity index (χ1n) is 8.06. The number of nitrogens with zero attached hydrogens (tertiary/aromatic N) is 2. The summed E-state index contributed by atoms with van der Waals surface area (Å²) < 4.78 is 2.18. The van der Waals surface area contributed by atoms with Gasteiger partial charge in [-0.3, -0.25) is 0 Å². The van der Waals surface area contributed by atoms with Gasteiger partial charge in [0.15, 0.2) is 0 Å². The second kappa shape index (κ2) is 5.64. The highest BCUT2D eigenvalue weighted by Gasteiger charge is 2.38. The van der Waals surface area contributed by atoms with Crippen molar-refractivity contribution < 1.29 is 0 Å². The third-order valence-corrected chi connectivity index (χ3v) is 4.63. The number of benzene rings is 1. The van der Waals surface area contributed by atoms with Gasteiger partial charge in [-0.05, 0) is 43.4 Å².